The average Bonchev–Trinajstić information content (AvgIpc) is 3.43. The Hall–Kier alpha value is -3.20. The van der Waals surface area contributed by atoms with Gasteiger partial charge in [-0.2, -0.15) is 5.10 Å². The zero-order valence-corrected chi connectivity index (χ0v) is 16.2. The maximum absolute atomic E-state index is 13.2. The Bertz CT molecular complexity index is 1050. The van der Waals surface area contributed by atoms with Crippen molar-refractivity contribution in [3.05, 3.63) is 68.6 Å². The third kappa shape index (κ3) is 4.29. The van der Waals surface area contributed by atoms with Gasteiger partial charge in [0.25, 0.3) is 0 Å². The Balaban J connectivity index is 1.61. The number of hydrogen-bond acceptors (Lipinski definition) is 6. The average molecular weight is 417 g/mol. The second kappa shape index (κ2) is 7.67. The van der Waals surface area contributed by atoms with Crippen LogP contribution in [0.1, 0.15) is 43.0 Å². The highest BCUT2D eigenvalue weighted by Gasteiger charge is 2.26. The molecule has 2 heterocycles. The lowest BCUT2D eigenvalue weighted by atomic mass is 10.1. The summed E-state index contributed by atoms with van der Waals surface area (Å²) >= 11 is 6.21. The van der Waals surface area contributed by atoms with Gasteiger partial charge in [-0.15, -0.1) is 0 Å². The topological polar surface area (TPSA) is 109 Å². The number of aromatic nitrogens is 3. The molecule has 1 aliphatic rings. The van der Waals surface area contributed by atoms with Gasteiger partial charge in [0.1, 0.15) is 5.82 Å². The summed E-state index contributed by atoms with van der Waals surface area (Å²) in [5, 5.41) is 24.8. The molecule has 0 saturated heterocycles. The van der Waals surface area contributed by atoms with Crippen molar-refractivity contribution < 1.29 is 9.31 Å². The molecule has 3 aromatic rings. The quantitative estimate of drug-likeness (QED) is 0.356. The normalized spacial score (nSPS) is 14.4. The van der Waals surface area contributed by atoms with Crippen molar-refractivity contribution in [2.24, 2.45) is 0 Å². The Kier molecular flexibility index (Phi) is 5.06. The fourth-order valence-electron chi connectivity index (χ4n) is 2.98. The fraction of sp³-hybridized carbons (Fsp3) is 0.263. The molecular weight excluding hydrogens is 399 g/mol. The van der Waals surface area contributed by atoms with Crippen LogP contribution in [-0.2, 0) is 0 Å². The molecule has 2 aromatic heterocycles. The van der Waals surface area contributed by atoms with Crippen molar-refractivity contribution in [2.75, 3.05) is 10.6 Å². The van der Waals surface area contributed by atoms with Crippen LogP contribution in [0.4, 0.5) is 27.5 Å². The third-order valence-corrected chi connectivity index (χ3v) is 5.03. The highest BCUT2D eigenvalue weighted by atomic mass is 35.5. The minimum absolute atomic E-state index is 0.0525. The smallest absolute Gasteiger partial charge is 0.313 e. The third-order valence-electron chi connectivity index (χ3n) is 4.74. The van der Waals surface area contributed by atoms with Crippen molar-refractivity contribution in [2.45, 2.75) is 31.7 Å². The molecule has 1 aliphatic carbocycles. The summed E-state index contributed by atoms with van der Waals surface area (Å²) < 4.78 is 13.2. The summed E-state index contributed by atoms with van der Waals surface area (Å²) in [6.07, 6.45) is 2.26. The minimum atomic E-state index is -0.553. The highest BCUT2D eigenvalue weighted by Crippen LogP contribution is 2.40. The molecule has 0 radical (unpaired) electrons. The molecule has 0 bridgehead atoms. The molecule has 3 N–H and O–H groups in total. The molecule has 4 rings (SSSR count). The van der Waals surface area contributed by atoms with Crippen LogP contribution in [0, 0.1) is 15.9 Å². The Morgan fingerprint density at radius 3 is 2.66 bits per heavy atom. The van der Waals surface area contributed by atoms with Crippen molar-refractivity contribution >= 4 is 34.7 Å². The van der Waals surface area contributed by atoms with Gasteiger partial charge in [0, 0.05) is 23.7 Å². The van der Waals surface area contributed by atoms with Crippen LogP contribution in [0.25, 0.3) is 0 Å². The number of nitrogens with one attached hydrogen (secondary N) is 3. The van der Waals surface area contributed by atoms with E-state index in [1.54, 1.807) is 19.1 Å². The van der Waals surface area contributed by atoms with Crippen LogP contribution < -0.4 is 10.6 Å². The first-order valence-corrected chi connectivity index (χ1v) is 9.48. The summed E-state index contributed by atoms with van der Waals surface area (Å²) in [6, 6.07) is 8.66. The van der Waals surface area contributed by atoms with Gasteiger partial charge in [-0.3, -0.25) is 15.2 Å². The number of benzene rings is 1. The van der Waals surface area contributed by atoms with E-state index in [4.69, 9.17) is 11.6 Å². The van der Waals surface area contributed by atoms with E-state index in [9.17, 15) is 14.5 Å². The van der Waals surface area contributed by atoms with Crippen molar-refractivity contribution in [1.82, 2.24) is 15.2 Å². The molecule has 1 fully saturated rings. The monoisotopic (exact) mass is 416 g/mol. The van der Waals surface area contributed by atoms with Crippen LogP contribution in [0.3, 0.4) is 0 Å². The second-order valence-electron chi connectivity index (χ2n) is 6.97. The van der Waals surface area contributed by atoms with Crippen LogP contribution in [0.5, 0.6) is 0 Å². The van der Waals surface area contributed by atoms with Crippen LogP contribution >= 0.6 is 11.6 Å². The zero-order chi connectivity index (χ0) is 20.5. The minimum Gasteiger partial charge on any atom is -0.358 e. The van der Waals surface area contributed by atoms with Gasteiger partial charge in [-0.05, 0) is 37.5 Å². The van der Waals surface area contributed by atoms with Crippen molar-refractivity contribution in [3.63, 3.8) is 0 Å². The molecule has 29 heavy (non-hydrogen) atoms. The van der Waals surface area contributed by atoms with Crippen LogP contribution in [-0.4, -0.2) is 20.1 Å². The number of nitro groups is 1. The first-order chi connectivity index (χ1) is 13.9. The number of halogens is 2. The van der Waals surface area contributed by atoms with E-state index in [0.717, 1.165) is 24.1 Å². The number of rotatable bonds is 7. The molecule has 1 atom stereocenters. The summed E-state index contributed by atoms with van der Waals surface area (Å²) in [5.74, 6) is 0.990. The Labute approximate surface area is 170 Å². The van der Waals surface area contributed by atoms with Gasteiger partial charge in [0.15, 0.2) is 11.6 Å². The summed E-state index contributed by atoms with van der Waals surface area (Å²) in [7, 11) is 0. The lowest BCUT2D eigenvalue weighted by molar-refractivity contribution is -0.384. The van der Waals surface area contributed by atoms with Gasteiger partial charge < -0.3 is 10.6 Å². The highest BCUT2D eigenvalue weighted by molar-refractivity contribution is 6.33. The number of hydrogen-bond donors (Lipinski definition) is 3. The molecule has 0 spiro atoms. The summed E-state index contributed by atoms with van der Waals surface area (Å²) in [5.41, 5.74) is 1.54. The molecule has 8 nitrogen and oxygen atoms in total. The Morgan fingerprint density at radius 2 is 2.00 bits per heavy atom. The molecule has 0 aliphatic heterocycles. The number of anilines is 3. The maximum Gasteiger partial charge on any atom is 0.313 e. The first-order valence-electron chi connectivity index (χ1n) is 9.10. The summed E-state index contributed by atoms with van der Waals surface area (Å²) in [6.45, 7) is 1.80. The molecule has 0 unspecified atom stereocenters. The van der Waals surface area contributed by atoms with Gasteiger partial charge in [0.2, 0.25) is 5.82 Å². The second-order valence-corrected chi connectivity index (χ2v) is 7.38. The van der Waals surface area contributed by atoms with Gasteiger partial charge in [-0.1, -0.05) is 23.7 Å². The first kappa shape index (κ1) is 19.1. The SMILES string of the molecule is C[C@H](Nc1nc(Nc2cc(C3CC3)[nH]n2)c(Cl)cc1[N+](=O)[O-])c1ccc(F)cc1. The lowest BCUT2D eigenvalue weighted by Gasteiger charge is -2.16. The molecule has 1 aromatic carbocycles. The zero-order valence-electron chi connectivity index (χ0n) is 15.4. The maximum atomic E-state index is 13.2. The number of H-pyrrole nitrogens is 1. The van der Waals surface area contributed by atoms with E-state index in [-0.39, 0.29) is 34.2 Å². The van der Waals surface area contributed by atoms with E-state index in [1.165, 1.54) is 18.2 Å². The largest absolute Gasteiger partial charge is 0.358 e. The summed E-state index contributed by atoms with van der Waals surface area (Å²) in [4.78, 5) is 15.2. The number of aromatic amines is 1. The fourth-order valence-corrected chi connectivity index (χ4v) is 3.17. The van der Waals surface area contributed by atoms with Crippen molar-refractivity contribution in [3.8, 4) is 0 Å². The standard InChI is InChI=1S/C19H18ClFN6O2/c1-10(11-4-6-13(21)7-5-11)22-19-16(27(28)29)8-14(20)18(24-19)23-17-9-15(25-26-17)12-2-3-12/h4-10,12H,2-3H2,1H3,(H3,22,23,24,25,26)/t10-/m0/s1. The van der Waals surface area contributed by atoms with E-state index in [2.05, 4.69) is 25.8 Å². The lowest BCUT2D eigenvalue weighted by Crippen LogP contribution is -2.11. The molecule has 150 valence electrons. The van der Waals surface area contributed by atoms with E-state index in [0.29, 0.717) is 11.7 Å². The van der Waals surface area contributed by atoms with Gasteiger partial charge >= 0.3 is 5.69 Å². The van der Waals surface area contributed by atoms with Crippen molar-refractivity contribution in [1.29, 1.82) is 0 Å². The van der Waals surface area contributed by atoms with E-state index >= 15 is 0 Å². The number of pyridine rings is 1. The van der Waals surface area contributed by atoms with Crippen LogP contribution in [0.15, 0.2) is 36.4 Å². The molecular formula is C19H18ClFN6O2. The number of nitrogens with zero attached hydrogens (tertiary/aromatic N) is 3. The predicted octanol–water partition coefficient (Wildman–Crippen LogP) is 5.30. The van der Waals surface area contributed by atoms with Gasteiger partial charge in [0.05, 0.1) is 16.0 Å². The molecule has 1 saturated carbocycles. The molecule has 10 heteroatoms. The predicted molar refractivity (Wildman–Crippen MR) is 108 cm³/mol. The van der Waals surface area contributed by atoms with E-state index in [1.807, 2.05) is 6.07 Å². The van der Waals surface area contributed by atoms with Crippen LogP contribution in [0.2, 0.25) is 5.02 Å². The van der Waals surface area contributed by atoms with E-state index < -0.39 is 4.92 Å². The van der Waals surface area contributed by atoms with Gasteiger partial charge in [-0.25, -0.2) is 9.37 Å². The Morgan fingerprint density at radius 1 is 1.28 bits per heavy atom. The molecule has 0 amide bonds.